The number of likely N-dealkylation sites (tertiary alicyclic amines) is 2. The number of benzene rings is 2. The molecule has 2 aromatic rings. The molecule has 8 nitrogen and oxygen atoms in total. The van der Waals surface area contributed by atoms with Crippen molar-refractivity contribution in [3.8, 4) is 5.75 Å². The van der Waals surface area contributed by atoms with Crippen molar-refractivity contribution in [3.63, 3.8) is 0 Å². The van der Waals surface area contributed by atoms with Gasteiger partial charge in [-0.05, 0) is 67.6 Å². The van der Waals surface area contributed by atoms with Crippen molar-refractivity contribution in [3.05, 3.63) is 63.9 Å². The van der Waals surface area contributed by atoms with Crippen LogP contribution in [0, 0.1) is 17.7 Å². The summed E-state index contributed by atoms with van der Waals surface area (Å²) >= 11 is 12.5. The lowest BCUT2D eigenvalue weighted by atomic mass is 9.80. The first-order valence-corrected chi connectivity index (χ1v) is 14.7. The van der Waals surface area contributed by atoms with Gasteiger partial charge >= 0.3 is 6.09 Å². The molecule has 0 aromatic heterocycles. The average molecular weight is 607 g/mol. The number of carbonyl (C=O) groups is 3. The van der Waals surface area contributed by atoms with E-state index < -0.39 is 18.0 Å². The maximum atomic E-state index is 13.7. The van der Waals surface area contributed by atoms with Crippen LogP contribution in [0.1, 0.15) is 37.2 Å². The van der Waals surface area contributed by atoms with Gasteiger partial charge in [0, 0.05) is 58.1 Å². The molecule has 3 amide bonds. The minimum absolute atomic E-state index is 0.0173. The van der Waals surface area contributed by atoms with Crippen LogP contribution in [0.5, 0.6) is 5.75 Å². The van der Waals surface area contributed by atoms with E-state index >= 15 is 0 Å². The first kappa shape index (κ1) is 29.6. The average Bonchev–Trinajstić information content (AvgIpc) is 3.40. The first-order valence-electron chi connectivity index (χ1n) is 13.9. The maximum absolute atomic E-state index is 13.7. The third-order valence-corrected chi connectivity index (χ3v) is 9.45. The molecule has 0 spiro atoms. The van der Waals surface area contributed by atoms with Gasteiger partial charge in [-0.3, -0.25) is 9.59 Å². The number of halogens is 3. The number of carbonyl (C=O) groups excluding carboxylic acids is 3. The Bertz CT molecular complexity index is 1280. The van der Waals surface area contributed by atoms with Gasteiger partial charge in [-0.2, -0.15) is 0 Å². The van der Waals surface area contributed by atoms with E-state index in [9.17, 15) is 18.8 Å². The molecule has 2 saturated heterocycles. The van der Waals surface area contributed by atoms with Gasteiger partial charge in [0.25, 0.3) is 0 Å². The Balaban J connectivity index is 1.26. The van der Waals surface area contributed by atoms with Crippen molar-refractivity contribution in [1.82, 2.24) is 14.7 Å². The minimum atomic E-state index is -0.612. The number of ether oxygens (including phenoxy) is 2. The lowest BCUT2D eigenvalue weighted by molar-refractivity contribution is -0.147. The molecule has 0 bridgehead atoms. The lowest BCUT2D eigenvalue weighted by Gasteiger charge is -2.39. The quantitative estimate of drug-likeness (QED) is 0.451. The topological polar surface area (TPSA) is 79.4 Å². The summed E-state index contributed by atoms with van der Waals surface area (Å²) in [5, 5.41) is 0.812. The van der Waals surface area contributed by atoms with E-state index in [0.29, 0.717) is 49.1 Å². The van der Waals surface area contributed by atoms with Crippen LogP contribution in [0.4, 0.5) is 9.18 Å². The molecule has 2 heterocycles. The van der Waals surface area contributed by atoms with E-state index in [1.54, 1.807) is 31.2 Å². The molecule has 0 N–H and O–H groups in total. The van der Waals surface area contributed by atoms with Crippen molar-refractivity contribution in [2.75, 3.05) is 40.3 Å². The molecule has 0 unspecified atom stereocenters. The van der Waals surface area contributed by atoms with Crippen molar-refractivity contribution in [1.29, 1.82) is 0 Å². The van der Waals surface area contributed by atoms with Crippen LogP contribution in [0.3, 0.4) is 0 Å². The molecule has 2 atom stereocenters. The number of amides is 3. The highest BCUT2D eigenvalue weighted by molar-refractivity contribution is 6.42. The fourth-order valence-electron chi connectivity index (χ4n) is 6.06. The van der Waals surface area contributed by atoms with Crippen molar-refractivity contribution in [2.45, 2.75) is 43.7 Å². The molecule has 5 rings (SSSR count). The number of nitrogens with zero attached hydrogens (tertiary/aromatic N) is 3. The van der Waals surface area contributed by atoms with Crippen LogP contribution in [0.25, 0.3) is 0 Å². The summed E-state index contributed by atoms with van der Waals surface area (Å²) in [6.45, 7) is 1.83. The van der Waals surface area contributed by atoms with Gasteiger partial charge in [0.2, 0.25) is 11.8 Å². The Morgan fingerprint density at radius 3 is 2.20 bits per heavy atom. The highest BCUT2D eigenvalue weighted by Gasteiger charge is 2.43. The summed E-state index contributed by atoms with van der Waals surface area (Å²) in [6, 6.07) is 10.2. The molecule has 3 fully saturated rings. The highest BCUT2D eigenvalue weighted by atomic mass is 35.5. The normalized spacial score (nSPS) is 24.6. The fourth-order valence-corrected chi connectivity index (χ4v) is 6.37. The number of piperidine rings is 1. The summed E-state index contributed by atoms with van der Waals surface area (Å²) in [5.41, 5.74) is 0.858. The van der Waals surface area contributed by atoms with Crippen molar-refractivity contribution < 1.29 is 28.2 Å². The standard InChI is InChI=1S/C30H34Cl2FN3O5/c1-34(30(39)41-22-6-4-21(33)5-7-22)27-17-36(16-24(27)19-3-8-25(31)26(32)15-19)28(37)18-9-11-35(12-10-18)29(38)20-13-23(14-20)40-2/h3-8,15,18,20,23-24,27H,9-14,16-17H2,1-2H3/t20?,23?,24-,27+/m0/s1. The van der Waals surface area contributed by atoms with Crippen LogP contribution >= 0.6 is 23.2 Å². The van der Waals surface area contributed by atoms with Gasteiger partial charge in [0.1, 0.15) is 11.6 Å². The number of rotatable bonds is 6. The molecule has 11 heteroatoms. The van der Waals surface area contributed by atoms with Crippen LogP contribution in [-0.4, -0.2) is 85.1 Å². The van der Waals surface area contributed by atoms with E-state index in [0.717, 1.165) is 18.4 Å². The Labute approximate surface area is 249 Å². The molecule has 1 aliphatic carbocycles. The number of hydrogen-bond acceptors (Lipinski definition) is 5. The summed E-state index contributed by atoms with van der Waals surface area (Å²) in [5.74, 6) is -0.435. The van der Waals surface area contributed by atoms with E-state index in [1.807, 2.05) is 11.0 Å². The second kappa shape index (κ2) is 12.5. The molecule has 2 aromatic carbocycles. The molecule has 41 heavy (non-hydrogen) atoms. The Hall–Kier alpha value is -2.88. The van der Waals surface area contributed by atoms with Gasteiger partial charge in [-0.15, -0.1) is 0 Å². The van der Waals surface area contributed by atoms with E-state index in [4.69, 9.17) is 32.7 Å². The van der Waals surface area contributed by atoms with Crippen LogP contribution < -0.4 is 4.74 Å². The SMILES string of the molecule is COC1CC(C(=O)N2CCC(C(=O)N3C[C@@H](N(C)C(=O)Oc4ccc(F)cc4)[C@H](c4ccc(Cl)c(Cl)c4)C3)CC2)C1. The number of methoxy groups -OCH3 is 1. The highest BCUT2D eigenvalue weighted by Crippen LogP contribution is 2.37. The smallest absolute Gasteiger partial charge is 0.410 e. The Morgan fingerprint density at radius 2 is 1.56 bits per heavy atom. The molecular formula is C30H34Cl2FN3O5. The Kier molecular flexibility index (Phi) is 9.06. The molecule has 2 aliphatic heterocycles. The summed E-state index contributed by atoms with van der Waals surface area (Å²) in [6.07, 6.45) is 2.28. The predicted molar refractivity (Wildman–Crippen MR) is 153 cm³/mol. The van der Waals surface area contributed by atoms with Crippen LogP contribution in [-0.2, 0) is 14.3 Å². The number of hydrogen-bond donors (Lipinski definition) is 0. The number of likely N-dealkylation sites (N-methyl/N-ethyl adjacent to an activating group) is 1. The van der Waals surface area contributed by atoms with Crippen LogP contribution in [0.15, 0.2) is 42.5 Å². The maximum Gasteiger partial charge on any atom is 0.415 e. The zero-order valence-electron chi connectivity index (χ0n) is 23.1. The van der Waals surface area contributed by atoms with Gasteiger partial charge in [0.15, 0.2) is 0 Å². The molecule has 0 radical (unpaired) electrons. The summed E-state index contributed by atoms with van der Waals surface area (Å²) in [4.78, 5) is 44.8. The van der Waals surface area contributed by atoms with Crippen LogP contribution in [0.2, 0.25) is 10.0 Å². The monoisotopic (exact) mass is 605 g/mol. The lowest BCUT2D eigenvalue weighted by Crippen LogP contribution is -2.49. The predicted octanol–water partition coefficient (Wildman–Crippen LogP) is 5.22. The van der Waals surface area contributed by atoms with Gasteiger partial charge in [0.05, 0.1) is 22.2 Å². The largest absolute Gasteiger partial charge is 0.415 e. The van der Waals surface area contributed by atoms with E-state index in [-0.39, 0.29) is 41.4 Å². The van der Waals surface area contributed by atoms with Crippen molar-refractivity contribution >= 4 is 41.1 Å². The molecule has 1 saturated carbocycles. The third kappa shape index (κ3) is 6.47. The van der Waals surface area contributed by atoms with Gasteiger partial charge in [-0.1, -0.05) is 29.3 Å². The molecule has 3 aliphatic rings. The molecular weight excluding hydrogens is 572 g/mol. The van der Waals surface area contributed by atoms with Crippen molar-refractivity contribution in [2.24, 2.45) is 11.8 Å². The zero-order chi connectivity index (χ0) is 29.3. The second-order valence-corrected chi connectivity index (χ2v) is 12.0. The summed E-state index contributed by atoms with van der Waals surface area (Å²) in [7, 11) is 3.30. The minimum Gasteiger partial charge on any atom is -0.410 e. The van der Waals surface area contributed by atoms with Gasteiger partial charge < -0.3 is 24.2 Å². The zero-order valence-corrected chi connectivity index (χ0v) is 24.6. The first-order chi connectivity index (χ1) is 19.6. The second-order valence-electron chi connectivity index (χ2n) is 11.1. The van der Waals surface area contributed by atoms with Gasteiger partial charge in [-0.25, -0.2) is 9.18 Å². The van der Waals surface area contributed by atoms with E-state index in [2.05, 4.69) is 0 Å². The third-order valence-electron chi connectivity index (χ3n) is 8.71. The van der Waals surface area contributed by atoms with E-state index in [1.165, 1.54) is 29.2 Å². The Morgan fingerprint density at radius 1 is 0.902 bits per heavy atom. The molecule has 220 valence electrons. The fraction of sp³-hybridized carbons (Fsp3) is 0.500. The summed E-state index contributed by atoms with van der Waals surface area (Å²) < 4.78 is 24.1.